The summed E-state index contributed by atoms with van der Waals surface area (Å²) in [7, 11) is 0. The molecular formula is C26H25N5OS. The molecule has 6 nitrogen and oxygen atoms in total. The molecule has 1 aromatic carbocycles. The Hall–Kier alpha value is -3.71. The first kappa shape index (κ1) is 21.2. The van der Waals surface area contributed by atoms with Crippen molar-refractivity contribution in [3.63, 3.8) is 0 Å². The average molecular weight is 456 g/mol. The highest BCUT2D eigenvalue weighted by Gasteiger charge is 2.42. The third kappa shape index (κ3) is 4.19. The molecule has 2 atom stereocenters. The predicted molar refractivity (Wildman–Crippen MR) is 134 cm³/mol. The minimum Gasteiger partial charge on any atom is -0.491 e. The first-order valence-corrected chi connectivity index (χ1v) is 11.4. The Morgan fingerprint density at radius 3 is 2.39 bits per heavy atom. The van der Waals surface area contributed by atoms with Crippen LogP contribution >= 0.6 is 12.2 Å². The fraction of sp³-hybridized carbons (Fsp3) is 0.192. The summed E-state index contributed by atoms with van der Waals surface area (Å²) >= 11 is 5.85. The average Bonchev–Trinajstić information content (AvgIpc) is 3.45. The van der Waals surface area contributed by atoms with Crippen LogP contribution < -0.4 is 15.0 Å². The summed E-state index contributed by atoms with van der Waals surface area (Å²) in [5, 5.41) is 4.18. The summed E-state index contributed by atoms with van der Waals surface area (Å²) in [6.45, 7) is 4.04. The zero-order valence-electron chi connectivity index (χ0n) is 18.5. The highest BCUT2D eigenvalue weighted by molar-refractivity contribution is 7.80. The topological polar surface area (TPSA) is 55.2 Å². The van der Waals surface area contributed by atoms with E-state index < -0.39 is 0 Å². The van der Waals surface area contributed by atoms with Crippen LogP contribution in [0.5, 0.6) is 5.75 Å². The monoisotopic (exact) mass is 455 g/mol. The zero-order valence-corrected chi connectivity index (χ0v) is 19.3. The van der Waals surface area contributed by atoms with Crippen LogP contribution in [0.1, 0.15) is 37.3 Å². The molecule has 0 unspecified atom stereocenters. The van der Waals surface area contributed by atoms with Crippen molar-refractivity contribution in [3.05, 3.63) is 103 Å². The Kier molecular flexibility index (Phi) is 5.79. The third-order valence-corrected chi connectivity index (χ3v) is 5.92. The van der Waals surface area contributed by atoms with Gasteiger partial charge in [0.1, 0.15) is 11.8 Å². The van der Waals surface area contributed by atoms with Gasteiger partial charge >= 0.3 is 0 Å². The van der Waals surface area contributed by atoms with Gasteiger partial charge in [-0.2, -0.15) is 0 Å². The number of pyridine rings is 2. The number of rotatable bonds is 6. The second kappa shape index (κ2) is 9.03. The molecule has 0 saturated carbocycles. The van der Waals surface area contributed by atoms with Crippen molar-refractivity contribution in [2.75, 3.05) is 4.90 Å². The van der Waals surface area contributed by atoms with Gasteiger partial charge in [0.25, 0.3) is 0 Å². The molecule has 4 heterocycles. The van der Waals surface area contributed by atoms with E-state index in [0.717, 1.165) is 28.5 Å². The van der Waals surface area contributed by atoms with Gasteiger partial charge in [-0.1, -0.05) is 6.07 Å². The highest BCUT2D eigenvalue weighted by atomic mass is 32.1. The lowest BCUT2D eigenvalue weighted by Gasteiger charge is -2.29. The molecular weight excluding hydrogens is 430 g/mol. The normalized spacial score (nSPS) is 17.9. The van der Waals surface area contributed by atoms with E-state index in [9.17, 15) is 0 Å². The summed E-state index contributed by atoms with van der Waals surface area (Å²) in [5.74, 6) is 0.838. The fourth-order valence-corrected chi connectivity index (χ4v) is 4.61. The Balaban J connectivity index is 1.60. The summed E-state index contributed by atoms with van der Waals surface area (Å²) in [4.78, 5) is 11.0. The largest absolute Gasteiger partial charge is 0.491 e. The minimum atomic E-state index is -0.110. The van der Waals surface area contributed by atoms with Gasteiger partial charge in [-0.05, 0) is 86.7 Å². The highest BCUT2D eigenvalue weighted by Crippen LogP contribution is 2.42. The molecule has 7 heteroatoms. The molecule has 166 valence electrons. The van der Waals surface area contributed by atoms with E-state index in [1.54, 1.807) is 12.4 Å². The number of ether oxygens (including phenoxy) is 1. The lowest BCUT2D eigenvalue weighted by Crippen LogP contribution is -2.30. The van der Waals surface area contributed by atoms with Crippen molar-refractivity contribution in [3.8, 4) is 11.4 Å². The molecule has 0 spiro atoms. The maximum atomic E-state index is 5.85. The first-order valence-electron chi connectivity index (χ1n) is 11.0. The summed E-state index contributed by atoms with van der Waals surface area (Å²) < 4.78 is 8.02. The molecule has 3 aromatic heterocycles. The maximum Gasteiger partial charge on any atom is 0.174 e. The molecule has 1 N–H and O–H groups in total. The Morgan fingerprint density at radius 2 is 1.70 bits per heavy atom. The second-order valence-electron chi connectivity index (χ2n) is 8.17. The van der Waals surface area contributed by atoms with Gasteiger partial charge in [0.2, 0.25) is 0 Å². The van der Waals surface area contributed by atoms with Crippen LogP contribution in [0.4, 0.5) is 5.69 Å². The summed E-state index contributed by atoms with van der Waals surface area (Å²) in [5.41, 5.74) is 4.08. The van der Waals surface area contributed by atoms with E-state index in [1.165, 1.54) is 0 Å². The minimum absolute atomic E-state index is 0.104. The van der Waals surface area contributed by atoms with Crippen LogP contribution in [0.25, 0.3) is 5.69 Å². The Labute approximate surface area is 198 Å². The standard InChI is InChI=1S/C26H25N5OS/c1-18(2)32-21-10-8-20(9-11-21)31-25(24(29-26(31)33)22-6-3-4-14-28-22)23-7-5-17-30(23)19-12-15-27-16-13-19/h3-18,24-25H,1-2H3,(H,29,33)/t24-,25-/m1/s1. The van der Waals surface area contributed by atoms with E-state index in [-0.39, 0.29) is 18.2 Å². The van der Waals surface area contributed by atoms with Crippen LogP contribution in [0.3, 0.4) is 0 Å². The maximum absolute atomic E-state index is 5.85. The molecule has 33 heavy (non-hydrogen) atoms. The van der Waals surface area contributed by atoms with Crippen molar-refractivity contribution < 1.29 is 4.74 Å². The quantitative estimate of drug-likeness (QED) is 0.402. The Morgan fingerprint density at radius 1 is 0.909 bits per heavy atom. The van der Waals surface area contributed by atoms with Crippen molar-refractivity contribution in [2.45, 2.75) is 32.0 Å². The van der Waals surface area contributed by atoms with Crippen LogP contribution in [0, 0.1) is 0 Å². The van der Waals surface area contributed by atoms with E-state index in [0.29, 0.717) is 5.11 Å². The van der Waals surface area contributed by atoms with Gasteiger partial charge in [-0.15, -0.1) is 0 Å². The predicted octanol–water partition coefficient (Wildman–Crippen LogP) is 5.23. The van der Waals surface area contributed by atoms with Gasteiger partial charge in [0.15, 0.2) is 5.11 Å². The molecule has 0 amide bonds. The van der Waals surface area contributed by atoms with Crippen molar-refractivity contribution in [2.24, 2.45) is 0 Å². The van der Waals surface area contributed by atoms with E-state index in [4.69, 9.17) is 17.0 Å². The molecule has 0 aliphatic carbocycles. The van der Waals surface area contributed by atoms with Gasteiger partial charge in [0.05, 0.1) is 17.8 Å². The van der Waals surface area contributed by atoms with Crippen LogP contribution in [-0.2, 0) is 0 Å². The summed E-state index contributed by atoms with van der Waals surface area (Å²) in [6.07, 6.45) is 7.62. The number of aromatic nitrogens is 3. The van der Waals surface area contributed by atoms with Gasteiger partial charge in [-0.3, -0.25) is 9.97 Å². The first-order chi connectivity index (χ1) is 16.1. The van der Waals surface area contributed by atoms with Crippen molar-refractivity contribution in [1.82, 2.24) is 19.9 Å². The van der Waals surface area contributed by atoms with Crippen LogP contribution in [0.2, 0.25) is 0 Å². The van der Waals surface area contributed by atoms with Crippen molar-refractivity contribution >= 4 is 23.0 Å². The molecule has 1 aliphatic rings. The second-order valence-corrected chi connectivity index (χ2v) is 8.55. The number of nitrogens with zero attached hydrogens (tertiary/aromatic N) is 4. The van der Waals surface area contributed by atoms with Crippen LogP contribution in [-0.4, -0.2) is 25.8 Å². The Bertz CT molecular complexity index is 1220. The van der Waals surface area contributed by atoms with E-state index >= 15 is 0 Å². The molecule has 0 radical (unpaired) electrons. The van der Waals surface area contributed by atoms with Gasteiger partial charge in [0, 0.05) is 41.9 Å². The lowest BCUT2D eigenvalue weighted by molar-refractivity contribution is 0.242. The zero-order chi connectivity index (χ0) is 22.8. The van der Waals surface area contributed by atoms with E-state index in [1.807, 2.05) is 62.5 Å². The van der Waals surface area contributed by atoms with Crippen molar-refractivity contribution in [1.29, 1.82) is 0 Å². The van der Waals surface area contributed by atoms with Gasteiger partial charge in [-0.25, -0.2) is 0 Å². The molecule has 1 fully saturated rings. The number of benzene rings is 1. The molecule has 0 bridgehead atoms. The van der Waals surface area contributed by atoms with E-state index in [2.05, 4.69) is 55.2 Å². The lowest BCUT2D eigenvalue weighted by atomic mass is 10.0. The number of nitrogens with one attached hydrogen (secondary N) is 1. The van der Waals surface area contributed by atoms with Gasteiger partial charge < -0.3 is 19.5 Å². The fourth-order valence-electron chi connectivity index (χ4n) is 4.27. The SMILES string of the molecule is CC(C)Oc1ccc(N2C(=S)N[C@H](c3ccccn3)[C@H]2c2cccn2-c2ccncc2)cc1. The number of hydrogen-bond donors (Lipinski definition) is 1. The van der Waals surface area contributed by atoms with Crippen LogP contribution in [0.15, 0.2) is 91.5 Å². The molecule has 4 aromatic rings. The molecule has 1 aliphatic heterocycles. The molecule has 5 rings (SSSR count). The third-order valence-electron chi connectivity index (χ3n) is 5.61. The number of thiocarbonyl (C=S) groups is 1. The smallest absolute Gasteiger partial charge is 0.174 e. The number of hydrogen-bond acceptors (Lipinski definition) is 4. The molecule has 1 saturated heterocycles. The number of anilines is 1. The summed E-state index contributed by atoms with van der Waals surface area (Å²) in [6, 6.07) is 22.1.